The molecule has 1 aliphatic heterocycles. The normalized spacial score (nSPS) is 26.6. The highest BCUT2D eigenvalue weighted by Gasteiger charge is 2.21. The van der Waals surface area contributed by atoms with E-state index in [2.05, 4.69) is 34.2 Å². The van der Waals surface area contributed by atoms with Gasteiger partial charge in [0, 0.05) is 14.7 Å². The van der Waals surface area contributed by atoms with Crippen molar-refractivity contribution < 1.29 is 0 Å². The van der Waals surface area contributed by atoms with Crippen molar-refractivity contribution in [3.05, 3.63) is 33.3 Å². The lowest BCUT2D eigenvalue weighted by molar-refractivity contribution is 0.604. The topological polar surface area (TPSA) is 12.0 Å². The van der Waals surface area contributed by atoms with Gasteiger partial charge in [0.1, 0.15) is 0 Å². The van der Waals surface area contributed by atoms with E-state index in [1.54, 1.807) is 0 Å². The number of halogens is 2. The summed E-state index contributed by atoms with van der Waals surface area (Å²) in [4.78, 5) is 0. The van der Waals surface area contributed by atoms with Gasteiger partial charge in [-0.05, 0) is 30.7 Å². The predicted octanol–water partition coefficient (Wildman–Crippen LogP) is 4.22. The predicted molar refractivity (Wildman–Crippen MR) is 71.6 cm³/mol. The Morgan fingerprint density at radius 1 is 1.53 bits per heavy atom. The Labute approximate surface area is 108 Å². The van der Waals surface area contributed by atoms with Crippen molar-refractivity contribution in [2.75, 3.05) is 6.54 Å². The second kappa shape index (κ2) is 5.09. The van der Waals surface area contributed by atoms with Crippen molar-refractivity contribution in [2.45, 2.75) is 24.0 Å². The highest BCUT2D eigenvalue weighted by molar-refractivity contribution is 9.10. The minimum atomic E-state index is 0.389. The second-order valence-corrected chi connectivity index (χ2v) is 6.57. The number of thioether (sulfide) groups is 1. The minimum absolute atomic E-state index is 0.389. The molecule has 0 radical (unpaired) electrons. The average molecular weight is 307 g/mol. The fourth-order valence-corrected chi connectivity index (χ4v) is 4.01. The molecule has 4 heteroatoms. The molecule has 1 aliphatic rings. The van der Waals surface area contributed by atoms with Crippen LogP contribution in [0.3, 0.4) is 0 Å². The lowest BCUT2D eigenvalue weighted by atomic mass is 10.2. The van der Waals surface area contributed by atoms with E-state index < -0.39 is 0 Å². The molecule has 0 bridgehead atoms. The van der Waals surface area contributed by atoms with Crippen molar-refractivity contribution in [3.63, 3.8) is 0 Å². The van der Waals surface area contributed by atoms with Crippen LogP contribution in [0.1, 0.15) is 24.3 Å². The van der Waals surface area contributed by atoms with Crippen molar-refractivity contribution in [1.29, 1.82) is 0 Å². The number of benzene rings is 1. The maximum Gasteiger partial charge on any atom is 0.0803 e. The molecule has 1 aromatic carbocycles. The van der Waals surface area contributed by atoms with Gasteiger partial charge in [-0.25, -0.2) is 0 Å². The number of nitrogens with one attached hydrogen (secondary N) is 1. The summed E-state index contributed by atoms with van der Waals surface area (Å²) < 4.78 is 1.09. The van der Waals surface area contributed by atoms with E-state index in [1.807, 2.05) is 23.9 Å². The van der Waals surface area contributed by atoms with Gasteiger partial charge in [0.2, 0.25) is 0 Å². The third-order valence-electron chi connectivity index (χ3n) is 2.49. The van der Waals surface area contributed by atoms with Crippen LogP contribution in [0.5, 0.6) is 0 Å². The summed E-state index contributed by atoms with van der Waals surface area (Å²) in [6.45, 7) is 3.37. The Morgan fingerprint density at radius 3 is 3.00 bits per heavy atom. The molecule has 0 saturated carbocycles. The highest BCUT2D eigenvalue weighted by Crippen LogP contribution is 2.38. The summed E-state index contributed by atoms with van der Waals surface area (Å²) in [7, 11) is 0. The quantitative estimate of drug-likeness (QED) is 0.834. The van der Waals surface area contributed by atoms with E-state index in [-0.39, 0.29) is 0 Å². The van der Waals surface area contributed by atoms with E-state index in [4.69, 9.17) is 11.6 Å². The zero-order chi connectivity index (χ0) is 10.8. The molecule has 2 rings (SSSR count). The maximum absolute atomic E-state index is 5.93. The average Bonchev–Trinajstić information content (AvgIpc) is 2.17. The molecule has 1 aromatic rings. The summed E-state index contributed by atoms with van der Waals surface area (Å²) in [5, 5.41) is 5.40. The van der Waals surface area contributed by atoms with E-state index in [9.17, 15) is 0 Å². The monoisotopic (exact) mass is 305 g/mol. The van der Waals surface area contributed by atoms with E-state index in [0.29, 0.717) is 5.37 Å². The summed E-state index contributed by atoms with van der Waals surface area (Å²) in [6.07, 6.45) is 1.24. The number of hydrogen-bond acceptors (Lipinski definition) is 2. The molecule has 15 heavy (non-hydrogen) atoms. The van der Waals surface area contributed by atoms with Crippen molar-refractivity contribution in [1.82, 2.24) is 5.32 Å². The highest BCUT2D eigenvalue weighted by atomic mass is 79.9. The molecule has 0 aromatic heterocycles. The van der Waals surface area contributed by atoms with Gasteiger partial charge < -0.3 is 5.32 Å². The fourth-order valence-electron chi connectivity index (χ4n) is 1.66. The van der Waals surface area contributed by atoms with Gasteiger partial charge in [0.25, 0.3) is 0 Å². The third kappa shape index (κ3) is 2.90. The molecule has 2 unspecified atom stereocenters. The van der Waals surface area contributed by atoms with Crippen LogP contribution in [0.4, 0.5) is 0 Å². The van der Waals surface area contributed by atoms with Gasteiger partial charge in [-0.15, -0.1) is 11.8 Å². The van der Waals surface area contributed by atoms with Crippen LogP contribution >= 0.6 is 39.3 Å². The smallest absolute Gasteiger partial charge is 0.0803 e. The molecule has 0 amide bonds. The van der Waals surface area contributed by atoms with Crippen molar-refractivity contribution in [2.24, 2.45) is 0 Å². The second-order valence-electron chi connectivity index (χ2n) is 3.74. The Bertz CT molecular complexity index is 358. The first-order chi connectivity index (χ1) is 7.16. The van der Waals surface area contributed by atoms with E-state index in [0.717, 1.165) is 21.3 Å². The standard InChI is InChI=1S/C11H13BrClNS/c1-7-4-5-14-11(15-7)9-3-2-8(13)6-10(9)12/h2-3,6-7,11,14H,4-5H2,1H3. The summed E-state index contributed by atoms with van der Waals surface area (Å²) in [5.74, 6) is 0. The Hall–Kier alpha value is 0.300. The maximum atomic E-state index is 5.93. The van der Waals surface area contributed by atoms with Crippen molar-refractivity contribution >= 4 is 39.3 Å². The van der Waals surface area contributed by atoms with Crippen LogP contribution in [0.25, 0.3) is 0 Å². The molecule has 1 N–H and O–H groups in total. The molecule has 1 saturated heterocycles. The first-order valence-electron chi connectivity index (χ1n) is 5.00. The summed E-state index contributed by atoms with van der Waals surface area (Å²) in [6, 6.07) is 6.00. The van der Waals surface area contributed by atoms with Gasteiger partial charge in [0.05, 0.1) is 5.37 Å². The molecule has 0 aliphatic carbocycles. The SMILES string of the molecule is CC1CCNC(c2ccc(Cl)cc2Br)S1. The van der Waals surface area contributed by atoms with Gasteiger partial charge >= 0.3 is 0 Å². The molecule has 0 spiro atoms. The van der Waals surface area contributed by atoms with Crippen molar-refractivity contribution in [3.8, 4) is 0 Å². The summed E-state index contributed by atoms with van der Waals surface area (Å²) >= 11 is 11.5. The van der Waals surface area contributed by atoms with Gasteiger partial charge in [-0.2, -0.15) is 0 Å². The van der Waals surface area contributed by atoms with Crippen LogP contribution in [0, 0.1) is 0 Å². The van der Waals surface area contributed by atoms with Gasteiger partial charge in [0.15, 0.2) is 0 Å². The fraction of sp³-hybridized carbons (Fsp3) is 0.455. The Morgan fingerprint density at radius 2 is 2.33 bits per heavy atom. The van der Waals surface area contributed by atoms with Crippen LogP contribution < -0.4 is 5.32 Å². The first kappa shape index (κ1) is 11.8. The van der Waals surface area contributed by atoms with E-state index >= 15 is 0 Å². The largest absolute Gasteiger partial charge is 0.302 e. The molecule has 1 fully saturated rings. The van der Waals surface area contributed by atoms with Crippen LogP contribution in [0.15, 0.2) is 22.7 Å². The molecule has 1 nitrogen and oxygen atoms in total. The van der Waals surface area contributed by atoms with Crippen LogP contribution in [-0.2, 0) is 0 Å². The lowest BCUT2D eigenvalue weighted by Gasteiger charge is -2.28. The molecule has 2 atom stereocenters. The van der Waals surface area contributed by atoms with Crippen LogP contribution in [-0.4, -0.2) is 11.8 Å². The number of hydrogen-bond donors (Lipinski definition) is 1. The first-order valence-corrected chi connectivity index (χ1v) is 7.12. The number of rotatable bonds is 1. The molecular formula is C11H13BrClNS. The van der Waals surface area contributed by atoms with Gasteiger partial charge in [-0.1, -0.05) is 40.5 Å². The molecule has 1 heterocycles. The minimum Gasteiger partial charge on any atom is -0.302 e. The summed E-state index contributed by atoms with van der Waals surface area (Å²) in [5.41, 5.74) is 1.29. The lowest BCUT2D eigenvalue weighted by Crippen LogP contribution is -2.29. The van der Waals surface area contributed by atoms with Crippen LogP contribution in [0.2, 0.25) is 5.02 Å². The molecule has 82 valence electrons. The van der Waals surface area contributed by atoms with E-state index in [1.165, 1.54) is 12.0 Å². The third-order valence-corrected chi connectivity index (χ3v) is 4.81. The van der Waals surface area contributed by atoms with Gasteiger partial charge in [-0.3, -0.25) is 0 Å². The molecular weight excluding hydrogens is 294 g/mol. The Balaban J connectivity index is 2.21. The zero-order valence-electron chi connectivity index (χ0n) is 8.47. The zero-order valence-corrected chi connectivity index (χ0v) is 11.6. The Kier molecular flexibility index (Phi) is 3.99.